The summed E-state index contributed by atoms with van der Waals surface area (Å²) < 4.78 is 0. The van der Waals surface area contributed by atoms with Gasteiger partial charge in [0.1, 0.15) is 0 Å². The van der Waals surface area contributed by atoms with Crippen molar-refractivity contribution in [3.8, 4) is 0 Å². The number of anilines is 1. The lowest BCUT2D eigenvalue weighted by Gasteiger charge is -2.09. The molecule has 1 rings (SSSR count). The highest BCUT2D eigenvalue weighted by atomic mass is 35.5. The van der Waals surface area contributed by atoms with Crippen molar-refractivity contribution in [2.45, 2.75) is 0 Å². The molecular weight excluding hydrogens is 251 g/mol. The number of hydrogen-bond donors (Lipinski definition) is 4. The SMILES string of the molecule is CNC(=N)NC(=O)Nc1cc(Cl)ccc1Cl. The van der Waals surface area contributed by atoms with E-state index in [0.717, 1.165) is 0 Å². The molecule has 0 atom stereocenters. The summed E-state index contributed by atoms with van der Waals surface area (Å²) in [5.41, 5.74) is 0.385. The van der Waals surface area contributed by atoms with Gasteiger partial charge in [-0.3, -0.25) is 10.7 Å². The van der Waals surface area contributed by atoms with E-state index in [1.807, 2.05) is 0 Å². The Labute approximate surface area is 103 Å². The number of urea groups is 1. The van der Waals surface area contributed by atoms with Crippen LogP contribution in [0.1, 0.15) is 0 Å². The maximum atomic E-state index is 11.3. The number of carbonyl (C=O) groups excluding carboxylic acids is 1. The summed E-state index contributed by atoms with van der Waals surface area (Å²) in [7, 11) is 1.52. The largest absolute Gasteiger partial charge is 0.359 e. The molecule has 0 heterocycles. The van der Waals surface area contributed by atoms with Gasteiger partial charge in [-0.15, -0.1) is 0 Å². The van der Waals surface area contributed by atoms with Crippen molar-refractivity contribution >= 4 is 40.9 Å². The maximum Gasteiger partial charge on any atom is 0.326 e. The van der Waals surface area contributed by atoms with E-state index in [9.17, 15) is 4.79 Å². The fourth-order valence-corrected chi connectivity index (χ4v) is 1.26. The highest BCUT2D eigenvalue weighted by molar-refractivity contribution is 6.35. The van der Waals surface area contributed by atoms with Gasteiger partial charge in [0, 0.05) is 12.1 Å². The number of benzene rings is 1. The van der Waals surface area contributed by atoms with Gasteiger partial charge in [-0.2, -0.15) is 0 Å². The van der Waals surface area contributed by atoms with Gasteiger partial charge in [-0.25, -0.2) is 4.79 Å². The Morgan fingerprint density at radius 2 is 2.06 bits per heavy atom. The first-order valence-corrected chi connectivity index (χ1v) is 5.08. The number of hydrogen-bond acceptors (Lipinski definition) is 2. The molecule has 0 aromatic heterocycles. The maximum absolute atomic E-state index is 11.3. The fraction of sp³-hybridized carbons (Fsp3) is 0.111. The molecule has 1 aromatic rings. The lowest BCUT2D eigenvalue weighted by molar-refractivity contribution is 0.256. The minimum Gasteiger partial charge on any atom is -0.359 e. The number of carbonyl (C=O) groups is 1. The normalized spacial score (nSPS) is 9.44. The van der Waals surface area contributed by atoms with Crippen LogP contribution in [0.15, 0.2) is 18.2 Å². The van der Waals surface area contributed by atoms with Crippen molar-refractivity contribution in [2.24, 2.45) is 0 Å². The molecule has 1 aromatic carbocycles. The Hall–Kier alpha value is -1.46. The molecule has 0 unspecified atom stereocenters. The smallest absolute Gasteiger partial charge is 0.326 e. The molecule has 0 aliphatic rings. The van der Waals surface area contributed by atoms with Gasteiger partial charge in [0.15, 0.2) is 5.96 Å². The van der Waals surface area contributed by atoms with E-state index >= 15 is 0 Å². The highest BCUT2D eigenvalue weighted by Gasteiger charge is 2.07. The van der Waals surface area contributed by atoms with Crippen LogP contribution in [0, 0.1) is 5.41 Å². The van der Waals surface area contributed by atoms with Gasteiger partial charge >= 0.3 is 6.03 Å². The average Bonchev–Trinajstić information content (AvgIpc) is 2.23. The first-order chi connectivity index (χ1) is 7.52. The van der Waals surface area contributed by atoms with Gasteiger partial charge in [0.25, 0.3) is 0 Å². The molecule has 0 saturated heterocycles. The second kappa shape index (κ2) is 5.58. The summed E-state index contributed by atoms with van der Waals surface area (Å²) >= 11 is 11.6. The number of nitrogens with one attached hydrogen (secondary N) is 4. The molecule has 2 amide bonds. The third kappa shape index (κ3) is 3.60. The van der Waals surface area contributed by atoms with Crippen LogP contribution < -0.4 is 16.0 Å². The summed E-state index contributed by atoms with van der Waals surface area (Å²) in [6, 6.07) is 4.14. The summed E-state index contributed by atoms with van der Waals surface area (Å²) in [5.74, 6) is -0.115. The van der Waals surface area contributed by atoms with Crippen molar-refractivity contribution in [1.29, 1.82) is 5.41 Å². The van der Waals surface area contributed by atoms with Crippen LogP contribution in [-0.2, 0) is 0 Å². The van der Waals surface area contributed by atoms with Gasteiger partial charge in [-0.1, -0.05) is 23.2 Å². The molecule has 0 aliphatic heterocycles. The number of guanidine groups is 1. The predicted molar refractivity (Wildman–Crippen MR) is 65.4 cm³/mol. The fourth-order valence-electron chi connectivity index (χ4n) is 0.923. The molecule has 0 fully saturated rings. The summed E-state index contributed by atoms with van der Waals surface area (Å²) in [5, 5.41) is 15.2. The standard InChI is InChI=1S/C9H10Cl2N4O/c1-13-8(12)15-9(16)14-7-4-5(10)2-3-6(7)11/h2-4H,1H3,(H4,12,13,14,15,16). The Bertz CT molecular complexity index is 422. The van der Waals surface area contributed by atoms with E-state index in [2.05, 4.69) is 16.0 Å². The summed E-state index contributed by atoms with van der Waals surface area (Å²) in [6.07, 6.45) is 0. The zero-order valence-corrected chi connectivity index (χ0v) is 9.91. The zero-order valence-electron chi connectivity index (χ0n) is 8.40. The van der Waals surface area contributed by atoms with E-state index in [1.54, 1.807) is 12.1 Å². The van der Waals surface area contributed by atoms with Crippen molar-refractivity contribution in [3.05, 3.63) is 28.2 Å². The van der Waals surface area contributed by atoms with Gasteiger partial charge < -0.3 is 10.6 Å². The molecule has 7 heteroatoms. The highest BCUT2D eigenvalue weighted by Crippen LogP contribution is 2.25. The van der Waals surface area contributed by atoms with Crippen LogP contribution in [-0.4, -0.2) is 19.0 Å². The van der Waals surface area contributed by atoms with Crippen LogP contribution in [0.5, 0.6) is 0 Å². The molecule has 0 spiro atoms. The minimum atomic E-state index is -0.566. The molecule has 0 aliphatic carbocycles. The van der Waals surface area contributed by atoms with Crippen LogP contribution in [0.25, 0.3) is 0 Å². The topological polar surface area (TPSA) is 77.0 Å². The molecule has 5 nitrogen and oxygen atoms in total. The van der Waals surface area contributed by atoms with Crippen molar-refractivity contribution in [3.63, 3.8) is 0 Å². The first kappa shape index (κ1) is 12.6. The summed E-state index contributed by atoms with van der Waals surface area (Å²) in [4.78, 5) is 11.3. The van der Waals surface area contributed by atoms with E-state index in [4.69, 9.17) is 28.6 Å². The lowest BCUT2D eigenvalue weighted by Crippen LogP contribution is -2.40. The Morgan fingerprint density at radius 1 is 1.38 bits per heavy atom. The van der Waals surface area contributed by atoms with E-state index in [-0.39, 0.29) is 5.96 Å². The van der Waals surface area contributed by atoms with Gasteiger partial charge in [0.05, 0.1) is 10.7 Å². The Morgan fingerprint density at radius 3 is 2.69 bits per heavy atom. The molecule has 4 N–H and O–H groups in total. The second-order valence-electron chi connectivity index (χ2n) is 2.83. The monoisotopic (exact) mass is 260 g/mol. The minimum absolute atomic E-state index is 0.115. The molecule has 0 bridgehead atoms. The molecule has 86 valence electrons. The molecule has 0 radical (unpaired) electrons. The van der Waals surface area contributed by atoms with E-state index in [0.29, 0.717) is 15.7 Å². The number of rotatable bonds is 1. The Balaban J connectivity index is 2.69. The van der Waals surface area contributed by atoms with Crippen LogP contribution in [0.2, 0.25) is 10.0 Å². The van der Waals surface area contributed by atoms with Gasteiger partial charge in [-0.05, 0) is 18.2 Å². The second-order valence-corrected chi connectivity index (χ2v) is 3.67. The Kier molecular flexibility index (Phi) is 4.39. The summed E-state index contributed by atoms with van der Waals surface area (Å²) in [6.45, 7) is 0. The van der Waals surface area contributed by atoms with Crippen LogP contribution in [0.4, 0.5) is 10.5 Å². The van der Waals surface area contributed by atoms with Crippen molar-refractivity contribution in [1.82, 2.24) is 10.6 Å². The van der Waals surface area contributed by atoms with Crippen LogP contribution in [0.3, 0.4) is 0 Å². The zero-order chi connectivity index (χ0) is 12.1. The predicted octanol–water partition coefficient (Wildman–Crippen LogP) is 2.27. The lowest BCUT2D eigenvalue weighted by atomic mass is 10.3. The first-order valence-electron chi connectivity index (χ1n) is 4.32. The average molecular weight is 261 g/mol. The molecule has 0 saturated carbocycles. The third-order valence-electron chi connectivity index (χ3n) is 1.67. The van der Waals surface area contributed by atoms with Crippen LogP contribution >= 0.6 is 23.2 Å². The number of amides is 2. The quantitative estimate of drug-likeness (QED) is 0.462. The van der Waals surface area contributed by atoms with E-state index in [1.165, 1.54) is 13.1 Å². The van der Waals surface area contributed by atoms with Crippen molar-refractivity contribution in [2.75, 3.05) is 12.4 Å². The van der Waals surface area contributed by atoms with E-state index < -0.39 is 6.03 Å². The molecular formula is C9H10Cl2N4O. The van der Waals surface area contributed by atoms with Gasteiger partial charge in [0.2, 0.25) is 0 Å². The van der Waals surface area contributed by atoms with Crippen molar-refractivity contribution < 1.29 is 4.79 Å². The molecule has 16 heavy (non-hydrogen) atoms. The third-order valence-corrected chi connectivity index (χ3v) is 2.23. The number of halogens is 2.